The molecule has 2 heterocycles. The number of ether oxygens (including phenoxy) is 1. The van der Waals surface area contributed by atoms with Gasteiger partial charge in [0.2, 0.25) is 5.91 Å². The molecule has 0 radical (unpaired) electrons. The second kappa shape index (κ2) is 4.55. The number of carbonyl (C=O) groups excluding carboxylic acids is 1. The van der Waals surface area contributed by atoms with E-state index in [4.69, 9.17) is 4.74 Å². The molecule has 2 aliphatic heterocycles. The maximum Gasteiger partial charge on any atom is 0.244 e. The third-order valence-corrected chi connectivity index (χ3v) is 5.11. The highest BCUT2D eigenvalue weighted by Gasteiger charge is 2.60. The second-order valence-electron chi connectivity index (χ2n) is 6.72. The van der Waals surface area contributed by atoms with E-state index in [0.717, 1.165) is 25.9 Å². The van der Waals surface area contributed by atoms with E-state index in [-0.39, 0.29) is 23.7 Å². The molecule has 2 atom stereocenters. The van der Waals surface area contributed by atoms with Crippen LogP contribution in [0.3, 0.4) is 0 Å². The lowest BCUT2D eigenvalue weighted by Gasteiger charge is -2.30. The van der Waals surface area contributed by atoms with Crippen molar-refractivity contribution in [2.75, 3.05) is 13.2 Å². The first-order valence-electron chi connectivity index (χ1n) is 7.86. The molecule has 0 aromatic heterocycles. The molecule has 1 amide bonds. The Labute approximate surface area is 125 Å². The van der Waals surface area contributed by atoms with Crippen LogP contribution in [0, 0.1) is 13.8 Å². The summed E-state index contributed by atoms with van der Waals surface area (Å²) in [6.07, 6.45) is 2.89. The molecule has 112 valence electrons. The summed E-state index contributed by atoms with van der Waals surface area (Å²) >= 11 is 0. The number of carbonyl (C=O) groups is 1. The molecule has 21 heavy (non-hydrogen) atoms. The summed E-state index contributed by atoms with van der Waals surface area (Å²) in [4.78, 5) is 14.9. The topological polar surface area (TPSA) is 41.6 Å². The van der Waals surface area contributed by atoms with Crippen LogP contribution >= 0.6 is 0 Å². The lowest BCUT2D eigenvalue weighted by atomic mass is 10.0. The molecule has 3 fully saturated rings. The van der Waals surface area contributed by atoms with Crippen LogP contribution < -0.4 is 5.32 Å². The van der Waals surface area contributed by atoms with Crippen LogP contribution in [-0.4, -0.2) is 35.6 Å². The van der Waals surface area contributed by atoms with Gasteiger partial charge in [-0.15, -0.1) is 0 Å². The fourth-order valence-corrected chi connectivity index (χ4v) is 3.64. The van der Waals surface area contributed by atoms with Gasteiger partial charge in [0, 0.05) is 6.61 Å². The molecule has 4 nitrogen and oxygen atoms in total. The van der Waals surface area contributed by atoms with Crippen molar-refractivity contribution in [3.8, 4) is 0 Å². The predicted molar refractivity (Wildman–Crippen MR) is 79.8 cm³/mol. The molecule has 4 rings (SSSR count). The fourth-order valence-electron chi connectivity index (χ4n) is 3.64. The van der Waals surface area contributed by atoms with Crippen molar-refractivity contribution in [2.24, 2.45) is 0 Å². The summed E-state index contributed by atoms with van der Waals surface area (Å²) in [7, 11) is 0. The summed E-state index contributed by atoms with van der Waals surface area (Å²) in [5.74, 6) is 0.281. The number of nitrogens with one attached hydrogen (secondary N) is 1. The number of amides is 1. The predicted octanol–water partition coefficient (Wildman–Crippen LogP) is 2.06. The summed E-state index contributed by atoms with van der Waals surface area (Å²) in [5.41, 5.74) is 3.44. The smallest absolute Gasteiger partial charge is 0.244 e. The van der Waals surface area contributed by atoms with Gasteiger partial charge in [0.05, 0.1) is 12.6 Å². The maximum absolute atomic E-state index is 12.9. The standard InChI is InChI=1S/C17H22N2O2/c1-11-3-4-12(2)14(9-11)15-18-17(6-7-17)16(20)19(15)13-5-8-21-10-13/h3-4,9,13,15,18H,5-8,10H2,1-2H3. The van der Waals surface area contributed by atoms with Crippen molar-refractivity contribution in [2.45, 2.75) is 50.9 Å². The maximum atomic E-state index is 12.9. The normalized spacial score (nSPS) is 30.4. The first-order valence-corrected chi connectivity index (χ1v) is 7.86. The van der Waals surface area contributed by atoms with Gasteiger partial charge in [0.15, 0.2) is 0 Å². The Morgan fingerprint density at radius 1 is 1.33 bits per heavy atom. The van der Waals surface area contributed by atoms with Crippen molar-refractivity contribution in [1.82, 2.24) is 10.2 Å². The molecule has 1 spiro atoms. The lowest BCUT2D eigenvalue weighted by molar-refractivity contribution is -0.133. The number of hydrogen-bond donors (Lipinski definition) is 1. The molecular formula is C17H22N2O2. The van der Waals surface area contributed by atoms with Crippen molar-refractivity contribution < 1.29 is 9.53 Å². The van der Waals surface area contributed by atoms with Gasteiger partial charge in [-0.1, -0.05) is 23.8 Å². The van der Waals surface area contributed by atoms with E-state index in [1.807, 2.05) is 0 Å². The van der Waals surface area contributed by atoms with E-state index in [0.29, 0.717) is 6.61 Å². The molecule has 3 aliphatic rings. The van der Waals surface area contributed by atoms with E-state index >= 15 is 0 Å². The Kier molecular flexibility index (Phi) is 2.88. The minimum absolute atomic E-state index is 0.00611. The SMILES string of the molecule is Cc1ccc(C)c(C2NC3(CC3)C(=O)N2C2CCOC2)c1. The number of benzene rings is 1. The minimum Gasteiger partial charge on any atom is -0.379 e. The highest BCUT2D eigenvalue weighted by atomic mass is 16.5. The van der Waals surface area contributed by atoms with Crippen molar-refractivity contribution in [3.63, 3.8) is 0 Å². The molecule has 1 aliphatic carbocycles. The Balaban J connectivity index is 1.74. The molecule has 4 heteroatoms. The molecule has 0 bridgehead atoms. The molecule has 1 aromatic carbocycles. The summed E-state index contributed by atoms with van der Waals surface area (Å²) in [6.45, 7) is 5.67. The van der Waals surface area contributed by atoms with Gasteiger partial charge in [-0.05, 0) is 44.2 Å². The summed E-state index contributed by atoms with van der Waals surface area (Å²) in [5, 5.41) is 3.62. The Bertz CT molecular complexity index is 588. The highest BCUT2D eigenvalue weighted by molar-refractivity contribution is 5.92. The van der Waals surface area contributed by atoms with E-state index in [1.54, 1.807) is 0 Å². The Morgan fingerprint density at radius 3 is 2.81 bits per heavy atom. The Hall–Kier alpha value is -1.39. The van der Waals surface area contributed by atoms with Crippen LogP contribution in [0.2, 0.25) is 0 Å². The van der Waals surface area contributed by atoms with E-state index in [9.17, 15) is 4.79 Å². The first kappa shape index (κ1) is 13.3. The lowest BCUT2D eigenvalue weighted by Crippen LogP contribution is -2.41. The largest absolute Gasteiger partial charge is 0.379 e. The van der Waals surface area contributed by atoms with Crippen LogP contribution in [0.1, 0.15) is 42.1 Å². The van der Waals surface area contributed by atoms with Gasteiger partial charge < -0.3 is 9.64 Å². The molecular weight excluding hydrogens is 264 g/mol. The zero-order chi connectivity index (χ0) is 14.6. The van der Waals surface area contributed by atoms with E-state index in [1.165, 1.54) is 16.7 Å². The van der Waals surface area contributed by atoms with Gasteiger partial charge in [-0.3, -0.25) is 10.1 Å². The third kappa shape index (κ3) is 2.00. The summed E-state index contributed by atoms with van der Waals surface area (Å²) in [6, 6.07) is 6.71. The zero-order valence-corrected chi connectivity index (χ0v) is 12.7. The van der Waals surface area contributed by atoms with Crippen LogP contribution in [0.5, 0.6) is 0 Å². The number of nitrogens with zero attached hydrogens (tertiary/aromatic N) is 1. The number of rotatable bonds is 2. The third-order valence-electron chi connectivity index (χ3n) is 5.11. The molecule has 1 N–H and O–H groups in total. The molecule has 1 aromatic rings. The van der Waals surface area contributed by atoms with Crippen molar-refractivity contribution in [1.29, 1.82) is 0 Å². The average molecular weight is 286 g/mol. The first-order chi connectivity index (χ1) is 10.1. The van der Waals surface area contributed by atoms with Crippen LogP contribution in [0.4, 0.5) is 0 Å². The molecule has 1 saturated carbocycles. The average Bonchev–Trinajstić information content (AvgIpc) is 2.93. The quantitative estimate of drug-likeness (QED) is 0.905. The van der Waals surface area contributed by atoms with Gasteiger partial charge in [0.25, 0.3) is 0 Å². The van der Waals surface area contributed by atoms with Gasteiger partial charge in [-0.2, -0.15) is 0 Å². The summed E-state index contributed by atoms with van der Waals surface area (Å²) < 4.78 is 5.52. The molecule has 2 unspecified atom stereocenters. The van der Waals surface area contributed by atoms with Gasteiger partial charge in [0.1, 0.15) is 11.7 Å². The zero-order valence-electron chi connectivity index (χ0n) is 12.7. The highest BCUT2D eigenvalue weighted by Crippen LogP contribution is 2.47. The fraction of sp³-hybridized carbons (Fsp3) is 0.588. The number of hydrogen-bond acceptors (Lipinski definition) is 3. The van der Waals surface area contributed by atoms with Crippen LogP contribution in [0.15, 0.2) is 18.2 Å². The molecule has 2 saturated heterocycles. The Morgan fingerprint density at radius 2 is 2.14 bits per heavy atom. The van der Waals surface area contributed by atoms with Gasteiger partial charge in [-0.25, -0.2) is 0 Å². The van der Waals surface area contributed by atoms with E-state index in [2.05, 4.69) is 42.3 Å². The number of aryl methyl sites for hydroxylation is 2. The van der Waals surface area contributed by atoms with Crippen LogP contribution in [0.25, 0.3) is 0 Å². The van der Waals surface area contributed by atoms with E-state index < -0.39 is 0 Å². The van der Waals surface area contributed by atoms with Gasteiger partial charge >= 0.3 is 0 Å². The minimum atomic E-state index is -0.274. The van der Waals surface area contributed by atoms with Crippen LogP contribution in [-0.2, 0) is 9.53 Å². The van der Waals surface area contributed by atoms with Crippen molar-refractivity contribution in [3.05, 3.63) is 34.9 Å². The van der Waals surface area contributed by atoms with Crippen molar-refractivity contribution >= 4 is 5.91 Å². The second-order valence-corrected chi connectivity index (χ2v) is 6.72. The monoisotopic (exact) mass is 286 g/mol.